The van der Waals surface area contributed by atoms with Gasteiger partial charge < -0.3 is 9.42 Å². The minimum Gasteiger partial charge on any atom is -0.337 e. The summed E-state index contributed by atoms with van der Waals surface area (Å²) >= 11 is 6.13. The molecule has 0 N–H and O–H groups in total. The molecule has 0 saturated heterocycles. The van der Waals surface area contributed by atoms with Crippen molar-refractivity contribution in [1.82, 2.24) is 15.0 Å². The monoisotopic (exact) mass is 355 g/mol. The molecule has 0 aliphatic carbocycles. The van der Waals surface area contributed by atoms with Crippen LogP contribution in [0.5, 0.6) is 0 Å². The first-order chi connectivity index (χ1) is 12.1. The minimum atomic E-state index is -0.121. The molecule has 1 heterocycles. The van der Waals surface area contributed by atoms with Crippen molar-refractivity contribution < 1.29 is 9.32 Å². The van der Waals surface area contributed by atoms with Gasteiger partial charge in [-0.3, -0.25) is 4.79 Å². The number of rotatable bonds is 5. The number of benzene rings is 2. The standard InChI is InChI=1S/C19H18ClN3O2/c1-3-23(19(24)15-10-9-13(2)16(20)11-15)12-17-21-18(22-25-17)14-7-5-4-6-8-14/h4-11H,3,12H2,1-2H3. The highest BCUT2D eigenvalue weighted by atomic mass is 35.5. The first kappa shape index (κ1) is 17.2. The number of carbonyl (C=O) groups excluding carboxylic acids is 1. The van der Waals surface area contributed by atoms with E-state index < -0.39 is 0 Å². The van der Waals surface area contributed by atoms with Gasteiger partial charge in [-0.1, -0.05) is 53.2 Å². The van der Waals surface area contributed by atoms with Crippen LogP contribution in [0.25, 0.3) is 11.4 Å². The first-order valence-corrected chi connectivity index (χ1v) is 8.39. The Morgan fingerprint density at radius 3 is 2.64 bits per heavy atom. The van der Waals surface area contributed by atoms with Crippen LogP contribution in [0.2, 0.25) is 5.02 Å². The van der Waals surface area contributed by atoms with Crippen LogP contribution in [0.15, 0.2) is 53.1 Å². The van der Waals surface area contributed by atoms with Crippen molar-refractivity contribution in [3.05, 3.63) is 70.6 Å². The van der Waals surface area contributed by atoms with Crippen LogP contribution in [0.3, 0.4) is 0 Å². The van der Waals surface area contributed by atoms with Gasteiger partial charge in [-0.15, -0.1) is 0 Å². The van der Waals surface area contributed by atoms with Crippen LogP contribution in [-0.4, -0.2) is 27.5 Å². The Morgan fingerprint density at radius 1 is 1.20 bits per heavy atom. The van der Waals surface area contributed by atoms with E-state index >= 15 is 0 Å². The molecule has 0 spiro atoms. The third kappa shape index (κ3) is 3.88. The summed E-state index contributed by atoms with van der Waals surface area (Å²) in [7, 11) is 0. The first-order valence-electron chi connectivity index (χ1n) is 8.02. The van der Waals surface area contributed by atoms with Gasteiger partial charge in [0.05, 0.1) is 0 Å². The highest BCUT2D eigenvalue weighted by Gasteiger charge is 2.18. The Morgan fingerprint density at radius 2 is 1.96 bits per heavy atom. The van der Waals surface area contributed by atoms with Crippen LogP contribution >= 0.6 is 11.6 Å². The zero-order valence-corrected chi connectivity index (χ0v) is 14.8. The lowest BCUT2D eigenvalue weighted by Gasteiger charge is -2.19. The van der Waals surface area contributed by atoms with Gasteiger partial charge in [-0.05, 0) is 31.5 Å². The Bertz CT molecular complexity index is 877. The largest absolute Gasteiger partial charge is 0.337 e. The van der Waals surface area contributed by atoms with Crippen molar-refractivity contribution in [3.8, 4) is 11.4 Å². The van der Waals surface area contributed by atoms with Gasteiger partial charge in [0, 0.05) is 22.7 Å². The number of nitrogens with zero attached hydrogens (tertiary/aromatic N) is 3. The summed E-state index contributed by atoms with van der Waals surface area (Å²) in [5.74, 6) is 0.786. The number of halogens is 1. The smallest absolute Gasteiger partial charge is 0.254 e. The van der Waals surface area contributed by atoms with Crippen molar-refractivity contribution in [2.45, 2.75) is 20.4 Å². The van der Waals surface area contributed by atoms with E-state index in [1.807, 2.05) is 50.2 Å². The second kappa shape index (κ2) is 7.49. The van der Waals surface area contributed by atoms with E-state index in [4.69, 9.17) is 16.1 Å². The second-order valence-corrected chi connectivity index (χ2v) is 6.07. The molecule has 0 atom stereocenters. The number of hydrogen-bond donors (Lipinski definition) is 0. The zero-order chi connectivity index (χ0) is 17.8. The van der Waals surface area contributed by atoms with Crippen molar-refractivity contribution >= 4 is 17.5 Å². The topological polar surface area (TPSA) is 59.2 Å². The fourth-order valence-corrected chi connectivity index (χ4v) is 2.60. The van der Waals surface area contributed by atoms with Gasteiger partial charge in [0.25, 0.3) is 5.91 Å². The highest BCUT2D eigenvalue weighted by molar-refractivity contribution is 6.31. The quantitative estimate of drug-likeness (QED) is 0.682. The maximum absolute atomic E-state index is 12.7. The molecule has 0 saturated carbocycles. The van der Waals surface area contributed by atoms with Gasteiger partial charge in [-0.25, -0.2) is 0 Å². The summed E-state index contributed by atoms with van der Waals surface area (Å²) in [6, 6.07) is 14.9. The van der Waals surface area contributed by atoms with Crippen LogP contribution in [0, 0.1) is 6.92 Å². The van der Waals surface area contributed by atoms with Crippen LogP contribution in [-0.2, 0) is 6.54 Å². The van der Waals surface area contributed by atoms with Crippen LogP contribution in [0.4, 0.5) is 0 Å². The maximum atomic E-state index is 12.7. The molecule has 3 rings (SSSR count). The molecule has 3 aromatic rings. The normalized spacial score (nSPS) is 10.7. The third-order valence-corrected chi connectivity index (χ3v) is 4.32. The number of carbonyl (C=O) groups is 1. The average Bonchev–Trinajstić information content (AvgIpc) is 3.11. The molecule has 1 aromatic heterocycles. The molecule has 25 heavy (non-hydrogen) atoms. The second-order valence-electron chi connectivity index (χ2n) is 5.66. The predicted molar refractivity (Wildman–Crippen MR) is 96.3 cm³/mol. The van der Waals surface area contributed by atoms with Crippen molar-refractivity contribution in [3.63, 3.8) is 0 Å². The molecule has 6 heteroatoms. The van der Waals surface area contributed by atoms with Gasteiger partial charge in [0.2, 0.25) is 11.7 Å². The molecule has 0 aliphatic heterocycles. The minimum absolute atomic E-state index is 0.121. The van der Waals surface area contributed by atoms with E-state index in [0.29, 0.717) is 28.8 Å². The lowest BCUT2D eigenvalue weighted by atomic mass is 10.1. The lowest BCUT2D eigenvalue weighted by molar-refractivity contribution is 0.0734. The fraction of sp³-hybridized carbons (Fsp3) is 0.211. The highest BCUT2D eigenvalue weighted by Crippen LogP contribution is 2.19. The molecule has 0 radical (unpaired) electrons. The van der Waals surface area contributed by atoms with Crippen molar-refractivity contribution in [2.24, 2.45) is 0 Å². The Kier molecular flexibility index (Phi) is 5.14. The summed E-state index contributed by atoms with van der Waals surface area (Å²) in [5, 5.41) is 4.56. The molecule has 0 unspecified atom stereocenters. The molecule has 0 fully saturated rings. The lowest BCUT2D eigenvalue weighted by Crippen LogP contribution is -2.30. The van der Waals surface area contributed by atoms with E-state index in [1.165, 1.54) is 0 Å². The summed E-state index contributed by atoms with van der Waals surface area (Å²) in [6.07, 6.45) is 0. The summed E-state index contributed by atoms with van der Waals surface area (Å²) in [4.78, 5) is 18.7. The number of amides is 1. The predicted octanol–water partition coefficient (Wildman–Crippen LogP) is 4.36. The van der Waals surface area contributed by atoms with Crippen LogP contribution in [0.1, 0.15) is 28.7 Å². The third-order valence-electron chi connectivity index (χ3n) is 3.91. The van der Waals surface area contributed by atoms with Gasteiger partial charge >= 0.3 is 0 Å². The van der Waals surface area contributed by atoms with Gasteiger partial charge in [0.1, 0.15) is 6.54 Å². The van der Waals surface area contributed by atoms with Gasteiger partial charge in [-0.2, -0.15) is 4.98 Å². The van der Waals surface area contributed by atoms with E-state index in [0.717, 1.165) is 11.1 Å². The van der Waals surface area contributed by atoms with Crippen molar-refractivity contribution in [2.75, 3.05) is 6.54 Å². The van der Waals surface area contributed by atoms with E-state index in [9.17, 15) is 4.79 Å². The summed E-state index contributed by atoms with van der Waals surface area (Å²) in [6.45, 7) is 4.58. The molecule has 0 bridgehead atoms. The van der Waals surface area contributed by atoms with Crippen molar-refractivity contribution in [1.29, 1.82) is 0 Å². The molecule has 1 amide bonds. The Balaban J connectivity index is 1.77. The average molecular weight is 356 g/mol. The Labute approximate surface area is 151 Å². The number of aromatic nitrogens is 2. The zero-order valence-electron chi connectivity index (χ0n) is 14.1. The Hall–Kier alpha value is -2.66. The molecular formula is C19H18ClN3O2. The fourth-order valence-electron chi connectivity index (χ4n) is 2.42. The number of aryl methyl sites for hydroxylation is 1. The van der Waals surface area contributed by atoms with E-state index in [2.05, 4.69) is 10.1 Å². The molecular weight excluding hydrogens is 338 g/mol. The molecule has 5 nitrogen and oxygen atoms in total. The van der Waals surface area contributed by atoms with E-state index in [1.54, 1.807) is 17.0 Å². The number of hydrogen-bond acceptors (Lipinski definition) is 4. The molecule has 2 aromatic carbocycles. The molecule has 0 aliphatic rings. The molecule has 128 valence electrons. The summed E-state index contributed by atoms with van der Waals surface area (Å²) in [5.41, 5.74) is 2.35. The van der Waals surface area contributed by atoms with Gasteiger partial charge in [0.15, 0.2) is 0 Å². The summed E-state index contributed by atoms with van der Waals surface area (Å²) < 4.78 is 5.30. The van der Waals surface area contributed by atoms with E-state index in [-0.39, 0.29) is 12.5 Å². The SMILES string of the molecule is CCN(Cc1nc(-c2ccccc2)no1)C(=O)c1ccc(C)c(Cl)c1. The maximum Gasteiger partial charge on any atom is 0.254 e. The van der Waals surface area contributed by atoms with Crippen LogP contribution < -0.4 is 0 Å².